The van der Waals surface area contributed by atoms with Crippen molar-refractivity contribution in [2.75, 3.05) is 0 Å². The second-order valence-corrected chi connectivity index (χ2v) is 10.4. The fraction of sp³-hybridized carbons (Fsp3) is 0.500. The minimum Gasteiger partial charge on any atom is -0.406 e. The van der Waals surface area contributed by atoms with Gasteiger partial charge < -0.3 is 4.43 Å². The van der Waals surface area contributed by atoms with Crippen molar-refractivity contribution in [1.82, 2.24) is 9.78 Å². The van der Waals surface area contributed by atoms with Crippen molar-refractivity contribution in [3.05, 3.63) is 40.0 Å². The first-order chi connectivity index (χ1) is 11.7. The normalized spacial score (nSPS) is 13.3. The average molecular weight is 447 g/mol. The predicted molar refractivity (Wildman–Crippen MR) is 101 cm³/mol. The molecular weight excluding hydrogens is 425 g/mol. The first-order valence-electron chi connectivity index (χ1n) is 8.08. The average Bonchev–Trinajstić information content (AvgIpc) is 2.79. The number of hydrogen-bond acceptors (Lipinski definition) is 2. The highest BCUT2D eigenvalue weighted by atomic mass is 79.9. The Morgan fingerprint density at radius 3 is 2.04 bits per heavy atom. The van der Waals surface area contributed by atoms with Gasteiger partial charge in [-0.05, 0) is 46.9 Å². The Bertz CT molecular complexity index is 777. The maximum atomic E-state index is 12.8. The summed E-state index contributed by atoms with van der Waals surface area (Å²) in [5.41, 5.74) is 0.761. The standard InChI is InChI=1S/C18H22BrF3N2OSi/c1-16(2,3)26-25-17(4,5)15-13(19)14(23-24(15)6)11-7-9-12(10-8-11)18(20,21)22/h7-10H,1-6H3. The molecule has 1 aromatic carbocycles. The third kappa shape index (κ3) is 4.78. The van der Waals surface area contributed by atoms with Gasteiger partial charge >= 0.3 is 6.18 Å². The fourth-order valence-corrected chi connectivity index (χ4v) is 4.18. The maximum absolute atomic E-state index is 12.8. The van der Waals surface area contributed by atoms with Gasteiger partial charge in [0.15, 0.2) is 0 Å². The van der Waals surface area contributed by atoms with E-state index in [9.17, 15) is 13.2 Å². The molecule has 142 valence electrons. The molecule has 0 saturated carbocycles. The van der Waals surface area contributed by atoms with Crippen LogP contribution in [0.3, 0.4) is 0 Å². The topological polar surface area (TPSA) is 27.1 Å². The second-order valence-electron chi connectivity index (χ2n) is 7.67. The summed E-state index contributed by atoms with van der Waals surface area (Å²) in [5.74, 6) is 0. The zero-order chi connectivity index (χ0) is 19.9. The summed E-state index contributed by atoms with van der Waals surface area (Å²) in [7, 11) is 2.10. The maximum Gasteiger partial charge on any atom is 0.416 e. The van der Waals surface area contributed by atoms with E-state index in [0.717, 1.165) is 22.3 Å². The Morgan fingerprint density at radius 1 is 1.04 bits per heavy atom. The Morgan fingerprint density at radius 2 is 1.58 bits per heavy atom. The number of hydrogen-bond donors (Lipinski definition) is 0. The minimum atomic E-state index is -4.35. The number of benzene rings is 1. The molecule has 0 fully saturated rings. The first kappa shape index (κ1) is 21.2. The molecule has 2 aromatic rings. The molecule has 0 amide bonds. The molecule has 3 nitrogen and oxygen atoms in total. The summed E-state index contributed by atoms with van der Waals surface area (Å²) in [5, 5.41) is 4.53. The molecule has 1 aromatic heterocycles. The summed E-state index contributed by atoms with van der Waals surface area (Å²) in [4.78, 5) is 0. The van der Waals surface area contributed by atoms with Crippen LogP contribution < -0.4 is 0 Å². The van der Waals surface area contributed by atoms with E-state index < -0.39 is 17.3 Å². The van der Waals surface area contributed by atoms with Crippen molar-refractivity contribution >= 4 is 25.7 Å². The molecule has 0 bridgehead atoms. The molecule has 26 heavy (non-hydrogen) atoms. The van der Waals surface area contributed by atoms with E-state index in [1.807, 2.05) is 13.8 Å². The zero-order valence-electron chi connectivity index (χ0n) is 15.6. The van der Waals surface area contributed by atoms with E-state index in [2.05, 4.69) is 41.8 Å². The van der Waals surface area contributed by atoms with Crippen molar-refractivity contribution in [1.29, 1.82) is 0 Å². The molecule has 0 aliphatic heterocycles. The van der Waals surface area contributed by atoms with Gasteiger partial charge in [-0.2, -0.15) is 18.3 Å². The summed E-state index contributed by atoms with van der Waals surface area (Å²) in [6.45, 7) is 10.2. The molecule has 8 heteroatoms. The molecular formula is C18H22BrF3N2OSi. The van der Waals surface area contributed by atoms with E-state index in [4.69, 9.17) is 4.43 Å². The highest BCUT2D eigenvalue weighted by molar-refractivity contribution is 9.10. The lowest BCUT2D eigenvalue weighted by Crippen LogP contribution is -2.30. The summed E-state index contributed by atoms with van der Waals surface area (Å²) >= 11 is 3.57. The van der Waals surface area contributed by atoms with Crippen molar-refractivity contribution in [3.63, 3.8) is 0 Å². The highest BCUT2D eigenvalue weighted by Gasteiger charge is 2.33. The van der Waals surface area contributed by atoms with Crippen molar-refractivity contribution in [3.8, 4) is 11.3 Å². The van der Waals surface area contributed by atoms with E-state index in [1.165, 1.54) is 12.1 Å². The molecule has 0 saturated heterocycles. The van der Waals surface area contributed by atoms with Crippen LogP contribution in [-0.4, -0.2) is 19.5 Å². The summed E-state index contributed by atoms with van der Waals surface area (Å²) in [6, 6.07) is 5.01. The number of nitrogens with zero attached hydrogens (tertiary/aromatic N) is 2. The molecule has 0 aliphatic rings. The lowest BCUT2D eigenvalue weighted by Gasteiger charge is -2.29. The Kier molecular flexibility index (Phi) is 5.80. The lowest BCUT2D eigenvalue weighted by atomic mass is 10.0. The quantitative estimate of drug-likeness (QED) is 0.541. The second kappa shape index (κ2) is 7.13. The van der Waals surface area contributed by atoms with Gasteiger partial charge in [0.25, 0.3) is 0 Å². The predicted octanol–water partition coefficient (Wildman–Crippen LogP) is 5.96. The largest absolute Gasteiger partial charge is 0.416 e. The fourth-order valence-electron chi connectivity index (χ4n) is 2.48. The number of aromatic nitrogens is 2. The van der Waals surface area contributed by atoms with Gasteiger partial charge in [-0.1, -0.05) is 32.9 Å². The summed E-state index contributed by atoms with van der Waals surface area (Å²) in [6.07, 6.45) is -4.35. The molecule has 0 aliphatic carbocycles. The van der Waals surface area contributed by atoms with Gasteiger partial charge in [0.2, 0.25) is 9.76 Å². The third-order valence-electron chi connectivity index (χ3n) is 3.66. The van der Waals surface area contributed by atoms with Crippen LogP contribution in [0, 0.1) is 0 Å². The minimum absolute atomic E-state index is 0.0403. The first-order valence-corrected chi connectivity index (χ1v) is 9.78. The van der Waals surface area contributed by atoms with Gasteiger partial charge in [0.1, 0.15) is 5.69 Å². The van der Waals surface area contributed by atoms with Crippen molar-refractivity contribution in [2.24, 2.45) is 7.05 Å². The molecule has 1 heterocycles. The monoisotopic (exact) mass is 446 g/mol. The molecule has 0 N–H and O–H groups in total. The van der Waals surface area contributed by atoms with Crippen LogP contribution in [-0.2, 0) is 23.3 Å². The van der Waals surface area contributed by atoms with Gasteiger partial charge in [0.05, 0.1) is 21.3 Å². The molecule has 0 spiro atoms. The molecule has 0 unspecified atom stereocenters. The molecule has 2 radical (unpaired) electrons. The highest BCUT2D eigenvalue weighted by Crippen LogP contribution is 2.39. The SMILES string of the molecule is Cn1nc(-c2ccc(C(F)(F)F)cc2)c(Br)c1C(C)(C)O[Si]C(C)(C)C. The van der Waals surface area contributed by atoms with Crippen LogP contribution in [0.1, 0.15) is 45.9 Å². The van der Waals surface area contributed by atoms with E-state index >= 15 is 0 Å². The van der Waals surface area contributed by atoms with Crippen LogP contribution in [0.25, 0.3) is 11.3 Å². The molecule has 0 atom stereocenters. The van der Waals surface area contributed by atoms with E-state index in [-0.39, 0.29) is 5.04 Å². The van der Waals surface area contributed by atoms with Crippen LogP contribution in [0.5, 0.6) is 0 Å². The third-order valence-corrected chi connectivity index (χ3v) is 5.63. The van der Waals surface area contributed by atoms with E-state index in [0.29, 0.717) is 21.0 Å². The van der Waals surface area contributed by atoms with Gasteiger partial charge in [-0.15, -0.1) is 0 Å². The van der Waals surface area contributed by atoms with Gasteiger partial charge in [-0.3, -0.25) is 4.68 Å². The lowest BCUT2D eigenvalue weighted by molar-refractivity contribution is -0.137. The number of aryl methyl sites for hydroxylation is 1. The van der Waals surface area contributed by atoms with Crippen molar-refractivity contribution in [2.45, 2.75) is 51.4 Å². The zero-order valence-corrected chi connectivity index (χ0v) is 18.2. The molecule has 2 rings (SSSR count). The van der Waals surface area contributed by atoms with Gasteiger partial charge in [-0.25, -0.2) is 0 Å². The number of halogens is 4. The summed E-state index contributed by atoms with van der Waals surface area (Å²) < 4.78 is 46.9. The van der Waals surface area contributed by atoms with Crippen molar-refractivity contribution < 1.29 is 17.6 Å². The Balaban J connectivity index is 2.38. The Labute approximate surface area is 163 Å². The smallest absolute Gasteiger partial charge is 0.406 e. The van der Waals surface area contributed by atoms with Crippen LogP contribution in [0.15, 0.2) is 28.7 Å². The van der Waals surface area contributed by atoms with Crippen LogP contribution >= 0.6 is 15.9 Å². The van der Waals surface area contributed by atoms with E-state index in [1.54, 1.807) is 11.7 Å². The Hall–Kier alpha value is -1.12. The van der Waals surface area contributed by atoms with Crippen LogP contribution in [0.4, 0.5) is 13.2 Å². The van der Waals surface area contributed by atoms with Gasteiger partial charge in [0, 0.05) is 12.6 Å². The number of alkyl halides is 3. The number of rotatable bonds is 4. The van der Waals surface area contributed by atoms with Crippen LogP contribution in [0.2, 0.25) is 5.04 Å².